The summed E-state index contributed by atoms with van der Waals surface area (Å²) in [6, 6.07) is 11.7. The lowest BCUT2D eigenvalue weighted by Crippen LogP contribution is -2.16. The fraction of sp³-hybridized carbons (Fsp3) is 0.0556. The topological polar surface area (TPSA) is 46.5 Å². The van der Waals surface area contributed by atoms with Crippen LogP contribution in [0.2, 0.25) is 0 Å². The van der Waals surface area contributed by atoms with Gasteiger partial charge in [-0.2, -0.15) is 0 Å². The third kappa shape index (κ3) is 5.64. The van der Waals surface area contributed by atoms with Crippen LogP contribution >= 0.6 is 0 Å². The van der Waals surface area contributed by atoms with Gasteiger partial charge in [0, 0.05) is 5.56 Å². The fourth-order valence-corrected chi connectivity index (χ4v) is 1.81. The predicted molar refractivity (Wildman–Crippen MR) is 84.3 cm³/mol. The zero-order valence-corrected chi connectivity index (χ0v) is 12.3. The summed E-state index contributed by atoms with van der Waals surface area (Å²) in [5, 5.41) is 9.57. The molecule has 0 radical (unpaired) electrons. The molecular weight excluding hydrogens is 321 g/mol. The van der Waals surface area contributed by atoms with E-state index in [1.165, 1.54) is 42.5 Å². The van der Waals surface area contributed by atoms with Gasteiger partial charge in [-0.1, -0.05) is 36.4 Å². The van der Waals surface area contributed by atoms with E-state index in [0.717, 1.165) is 12.1 Å². The van der Waals surface area contributed by atoms with Gasteiger partial charge in [-0.3, -0.25) is 4.79 Å². The first-order valence-corrected chi connectivity index (χ1v) is 6.87. The molecule has 0 fully saturated rings. The largest absolute Gasteiger partial charge is 0.573 e. The number of phenols is 1. The highest BCUT2D eigenvalue weighted by atomic mass is 19.4. The van der Waals surface area contributed by atoms with Crippen LogP contribution < -0.4 is 4.74 Å². The Kier molecular flexibility index (Phi) is 5.42. The Balaban J connectivity index is 1.97. The number of phenolic OH excluding ortho intramolecular Hbond substituents is 1. The number of allylic oxidation sites excluding steroid dienone is 2. The number of benzene rings is 2. The van der Waals surface area contributed by atoms with Gasteiger partial charge in [0.25, 0.3) is 0 Å². The second-order valence-electron chi connectivity index (χ2n) is 4.74. The molecule has 24 heavy (non-hydrogen) atoms. The Morgan fingerprint density at radius 2 is 1.58 bits per heavy atom. The number of hydrogen-bond donors (Lipinski definition) is 1. The molecule has 0 amide bonds. The van der Waals surface area contributed by atoms with Crippen LogP contribution in [0.5, 0.6) is 11.5 Å². The maximum atomic E-state index is 12.0. The Hall–Kier alpha value is -3.02. The monoisotopic (exact) mass is 334 g/mol. The number of halogens is 3. The van der Waals surface area contributed by atoms with Crippen molar-refractivity contribution in [3.05, 3.63) is 71.8 Å². The lowest BCUT2D eigenvalue weighted by molar-refractivity contribution is -0.274. The standard InChI is InChI=1S/C18H13F3O3/c19-18(20,21)24-16-11-6-13(7-12-16)5-9-15(22)10-8-14-3-1-2-4-17(14)23/h1-12,23H. The van der Waals surface area contributed by atoms with Gasteiger partial charge in [0.2, 0.25) is 0 Å². The lowest BCUT2D eigenvalue weighted by atomic mass is 10.1. The number of carbonyl (C=O) groups excluding carboxylic acids is 1. The minimum Gasteiger partial charge on any atom is -0.507 e. The van der Waals surface area contributed by atoms with E-state index in [1.54, 1.807) is 18.2 Å². The number of alkyl halides is 3. The molecule has 0 saturated carbocycles. The van der Waals surface area contributed by atoms with Crippen LogP contribution in [0.3, 0.4) is 0 Å². The molecular formula is C18H13F3O3. The second kappa shape index (κ2) is 7.50. The lowest BCUT2D eigenvalue weighted by Gasteiger charge is -2.08. The zero-order valence-electron chi connectivity index (χ0n) is 12.3. The summed E-state index contributed by atoms with van der Waals surface area (Å²) >= 11 is 0. The van der Waals surface area contributed by atoms with Gasteiger partial charge < -0.3 is 9.84 Å². The van der Waals surface area contributed by atoms with Gasteiger partial charge in [-0.05, 0) is 42.0 Å². The van der Waals surface area contributed by atoms with Crippen LogP contribution in [0.4, 0.5) is 13.2 Å². The summed E-state index contributed by atoms with van der Waals surface area (Å²) in [6.45, 7) is 0. The van der Waals surface area contributed by atoms with Gasteiger partial charge in [0.05, 0.1) is 0 Å². The number of rotatable bonds is 5. The van der Waals surface area contributed by atoms with Crippen LogP contribution in [-0.2, 0) is 4.79 Å². The van der Waals surface area contributed by atoms with E-state index in [0.29, 0.717) is 11.1 Å². The van der Waals surface area contributed by atoms with Crippen molar-refractivity contribution in [2.45, 2.75) is 6.36 Å². The van der Waals surface area contributed by atoms with Crippen LogP contribution in [0.15, 0.2) is 60.7 Å². The predicted octanol–water partition coefficient (Wildman–Crippen LogP) is 4.59. The van der Waals surface area contributed by atoms with Crippen molar-refractivity contribution in [3.63, 3.8) is 0 Å². The molecule has 0 bridgehead atoms. The van der Waals surface area contributed by atoms with E-state index in [1.807, 2.05) is 0 Å². The van der Waals surface area contributed by atoms with Crippen molar-refractivity contribution in [1.82, 2.24) is 0 Å². The van der Waals surface area contributed by atoms with E-state index >= 15 is 0 Å². The van der Waals surface area contributed by atoms with Crippen molar-refractivity contribution >= 4 is 17.9 Å². The quantitative estimate of drug-likeness (QED) is 0.814. The van der Waals surface area contributed by atoms with Crippen molar-refractivity contribution in [2.75, 3.05) is 0 Å². The zero-order chi connectivity index (χ0) is 17.6. The third-order valence-corrected chi connectivity index (χ3v) is 2.92. The molecule has 0 spiro atoms. The maximum absolute atomic E-state index is 12.0. The van der Waals surface area contributed by atoms with Gasteiger partial charge >= 0.3 is 6.36 Å². The molecule has 0 saturated heterocycles. The van der Waals surface area contributed by atoms with Crippen LogP contribution in [0.25, 0.3) is 12.2 Å². The molecule has 0 aromatic heterocycles. The average molecular weight is 334 g/mol. The van der Waals surface area contributed by atoms with E-state index < -0.39 is 6.36 Å². The van der Waals surface area contributed by atoms with Crippen molar-refractivity contribution in [2.24, 2.45) is 0 Å². The molecule has 2 rings (SSSR count). The summed E-state index contributed by atoms with van der Waals surface area (Å²) in [5.41, 5.74) is 1.06. The molecule has 1 N–H and O–H groups in total. The van der Waals surface area contributed by atoms with E-state index in [2.05, 4.69) is 4.74 Å². The van der Waals surface area contributed by atoms with Crippen LogP contribution in [-0.4, -0.2) is 17.3 Å². The van der Waals surface area contributed by atoms with Crippen LogP contribution in [0, 0.1) is 0 Å². The average Bonchev–Trinajstić information content (AvgIpc) is 2.52. The summed E-state index contributed by atoms with van der Waals surface area (Å²) in [6.07, 6.45) is 0.765. The highest BCUT2D eigenvalue weighted by molar-refractivity contribution is 6.04. The summed E-state index contributed by atoms with van der Waals surface area (Å²) in [5.74, 6) is -0.593. The molecule has 2 aromatic carbocycles. The van der Waals surface area contributed by atoms with Gasteiger partial charge in [-0.15, -0.1) is 13.2 Å². The minimum atomic E-state index is -4.74. The van der Waals surface area contributed by atoms with Crippen LogP contribution in [0.1, 0.15) is 11.1 Å². The Bertz CT molecular complexity index is 760. The van der Waals surface area contributed by atoms with Gasteiger partial charge in [0.15, 0.2) is 5.78 Å². The highest BCUT2D eigenvalue weighted by Crippen LogP contribution is 2.23. The van der Waals surface area contributed by atoms with Crippen molar-refractivity contribution < 1.29 is 27.8 Å². The number of carbonyl (C=O) groups is 1. The van der Waals surface area contributed by atoms with E-state index in [4.69, 9.17) is 0 Å². The number of hydrogen-bond acceptors (Lipinski definition) is 3. The molecule has 0 aliphatic heterocycles. The molecule has 0 atom stereocenters. The molecule has 0 aliphatic rings. The van der Waals surface area contributed by atoms with Crippen molar-refractivity contribution in [1.29, 1.82) is 0 Å². The normalized spacial score (nSPS) is 12.0. The molecule has 3 nitrogen and oxygen atoms in total. The number of para-hydroxylation sites is 1. The first-order chi connectivity index (χ1) is 11.3. The first-order valence-electron chi connectivity index (χ1n) is 6.87. The van der Waals surface area contributed by atoms with Gasteiger partial charge in [0.1, 0.15) is 11.5 Å². The third-order valence-electron chi connectivity index (χ3n) is 2.92. The smallest absolute Gasteiger partial charge is 0.507 e. The molecule has 2 aromatic rings. The van der Waals surface area contributed by atoms with Crippen molar-refractivity contribution in [3.8, 4) is 11.5 Å². The molecule has 0 unspecified atom stereocenters. The number of aromatic hydroxyl groups is 1. The molecule has 124 valence electrons. The Morgan fingerprint density at radius 3 is 2.21 bits per heavy atom. The first kappa shape index (κ1) is 17.3. The molecule has 6 heteroatoms. The van der Waals surface area contributed by atoms with Gasteiger partial charge in [-0.25, -0.2) is 0 Å². The second-order valence-corrected chi connectivity index (χ2v) is 4.74. The number of ketones is 1. The summed E-state index contributed by atoms with van der Waals surface area (Å²) in [4.78, 5) is 11.7. The highest BCUT2D eigenvalue weighted by Gasteiger charge is 2.30. The Morgan fingerprint density at radius 1 is 0.958 bits per heavy atom. The number of ether oxygens (including phenoxy) is 1. The molecule has 0 aliphatic carbocycles. The van der Waals surface area contributed by atoms with E-state index in [9.17, 15) is 23.1 Å². The molecule has 0 heterocycles. The SMILES string of the molecule is O=C(C=Cc1ccc(OC(F)(F)F)cc1)C=Cc1ccccc1O. The minimum absolute atomic E-state index is 0.0609. The summed E-state index contributed by atoms with van der Waals surface area (Å²) < 4.78 is 39.9. The van der Waals surface area contributed by atoms with E-state index in [-0.39, 0.29) is 17.3 Å². The Labute approximate surface area is 136 Å². The summed E-state index contributed by atoms with van der Waals surface area (Å²) in [7, 11) is 0. The fourth-order valence-electron chi connectivity index (χ4n) is 1.81. The maximum Gasteiger partial charge on any atom is 0.573 e.